The molecule has 1 fully saturated rings. The number of allylic oxidation sites excluding steroid dienone is 1. The molecule has 5 heteroatoms. The Hall–Kier alpha value is -2.79. The molecule has 1 heterocycles. The van der Waals surface area contributed by atoms with E-state index in [1.807, 2.05) is 42.5 Å². The SMILES string of the molecule is CN1CCC2CCC(OC(=O)c3cccc(C(C)(C)C)c3)=CC21.COc1ccccc1OC. The number of carbonyl (C=O) groups excluding carboxylic acids is 1. The van der Waals surface area contributed by atoms with Gasteiger partial charge in [0.2, 0.25) is 0 Å². The van der Waals surface area contributed by atoms with Crippen molar-refractivity contribution in [1.29, 1.82) is 0 Å². The summed E-state index contributed by atoms with van der Waals surface area (Å²) in [5, 5.41) is 0. The molecule has 4 rings (SSSR count). The second kappa shape index (κ2) is 10.9. The molecule has 1 aliphatic heterocycles. The Kier molecular flexibility index (Phi) is 8.20. The summed E-state index contributed by atoms with van der Waals surface area (Å²) in [5.74, 6) is 2.87. The summed E-state index contributed by atoms with van der Waals surface area (Å²) in [6.45, 7) is 7.59. The summed E-state index contributed by atoms with van der Waals surface area (Å²) in [6.07, 6.45) is 5.41. The first-order valence-electron chi connectivity index (χ1n) is 11.6. The Bertz CT molecular complexity index is 953. The molecule has 0 N–H and O–H groups in total. The molecule has 0 radical (unpaired) electrons. The van der Waals surface area contributed by atoms with Crippen LogP contribution in [0.25, 0.3) is 0 Å². The van der Waals surface area contributed by atoms with E-state index in [9.17, 15) is 4.79 Å². The number of rotatable bonds is 4. The topological polar surface area (TPSA) is 48.0 Å². The van der Waals surface area contributed by atoms with Gasteiger partial charge < -0.3 is 14.2 Å². The Morgan fingerprint density at radius 2 is 1.64 bits per heavy atom. The lowest BCUT2D eigenvalue weighted by atomic mass is 9.86. The lowest BCUT2D eigenvalue weighted by Gasteiger charge is -2.27. The van der Waals surface area contributed by atoms with Gasteiger partial charge in [-0.2, -0.15) is 0 Å². The van der Waals surface area contributed by atoms with Crippen LogP contribution in [0.1, 0.15) is 56.0 Å². The van der Waals surface area contributed by atoms with Crippen molar-refractivity contribution in [3.05, 3.63) is 71.5 Å². The van der Waals surface area contributed by atoms with E-state index in [1.54, 1.807) is 14.2 Å². The Morgan fingerprint density at radius 1 is 0.970 bits per heavy atom. The van der Waals surface area contributed by atoms with Crippen LogP contribution in [0.3, 0.4) is 0 Å². The van der Waals surface area contributed by atoms with Crippen molar-refractivity contribution in [2.24, 2.45) is 5.92 Å². The molecule has 0 bridgehead atoms. The van der Waals surface area contributed by atoms with Gasteiger partial charge in [-0.25, -0.2) is 4.79 Å². The molecule has 1 saturated heterocycles. The zero-order valence-electron chi connectivity index (χ0n) is 20.8. The summed E-state index contributed by atoms with van der Waals surface area (Å²) in [5.41, 5.74) is 1.82. The summed E-state index contributed by atoms with van der Waals surface area (Å²) in [4.78, 5) is 14.8. The van der Waals surface area contributed by atoms with Crippen LogP contribution in [0, 0.1) is 5.92 Å². The molecule has 2 aromatic rings. The maximum absolute atomic E-state index is 12.5. The molecule has 0 aromatic heterocycles. The largest absolute Gasteiger partial charge is 0.493 e. The molecular weight excluding hydrogens is 414 g/mol. The standard InChI is InChI=1S/C20H27NO2.C8H10O2/c1-20(2,3)16-7-5-6-15(12-16)19(22)23-17-9-8-14-10-11-21(4)18(14)13-17;1-9-7-5-3-4-6-8(7)10-2/h5-7,12-14,18H,8-11H2,1-4H3;3-6H,1-2H3. The minimum absolute atomic E-state index is 0.0280. The van der Waals surface area contributed by atoms with Crippen LogP contribution < -0.4 is 9.47 Å². The van der Waals surface area contributed by atoms with Gasteiger partial charge in [-0.3, -0.25) is 4.90 Å². The van der Waals surface area contributed by atoms with Crippen LogP contribution in [0.15, 0.2) is 60.4 Å². The number of esters is 1. The number of nitrogens with zero attached hydrogens (tertiary/aromatic N) is 1. The van der Waals surface area contributed by atoms with Gasteiger partial charge in [-0.05, 0) is 73.7 Å². The van der Waals surface area contributed by atoms with Crippen LogP contribution in [0.4, 0.5) is 0 Å². The van der Waals surface area contributed by atoms with E-state index >= 15 is 0 Å². The lowest BCUT2D eigenvalue weighted by molar-refractivity contribution is 0.0598. The maximum atomic E-state index is 12.5. The van der Waals surface area contributed by atoms with E-state index in [0.29, 0.717) is 11.6 Å². The highest BCUT2D eigenvalue weighted by Gasteiger charge is 2.34. The van der Waals surface area contributed by atoms with Gasteiger partial charge in [0, 0.05) is 12.5 Å². The van der Waals surface area contributed by atoms with Crippen LogP contribution >= 0.6 is 0 Å². The Labute approximate surface area is 198 Å². The highest BCUT2D eigenvalue weighted by atomic mass is 16.5. The van der Waals surface area contributed by atoms with Crippen molar-refractivity contribution < 1.29 is 19.0 Å². The number of methoxy groups -OCH3 is 2. The first kappa shape index (κ1) is 24.8. The average molecular weight is 452 g/mol. The fourth-order valence-corrected chi connectivity index (χ4v) is 4.39. The van der Waals surface area contributed by atoms with Gasteiger partial charge >= 0.3 is 5.97 Å². The number of ether oxygens (including phenoxy) is 3. The Balaban J connectivity index is 0.000000257. The quantitative estimate of drug-likeness (QED) is 0.546. The maximum Gasteiger partial charge on any atom is 0.343 e. The molecule has 0 saturated carbocycles. The van der Waals surface area contributed by atoms with Crippen molar-refractivity contribution in [1.82, 2.24) is 4.90 Å². The van der Waals surface area contributed by atoms with Gasteiger partial charge in [0.15, 0.2) is 11.5 Å². The average Bonchev–Trinajstić information content (AvgIpc) is 3.19. The van der Waals surface area contributed by atoms with Crippen molar-refractivity contribution in [3.8, 4) is 11.5 Å². The van der Waals surface area contributed by atoms with E-state index in [4.69, 9.17) is 14.2 Å². The Morgan fingerprint density at radius 3 is 2.24 bits per heavy atom. The van der Waals surface area contributed by atoms with E-state index in [-0.39, 0.29) is 11.4 Å². The molecule has 2 aliphatic rings. The van der Waals surface area contributed by atoms with Crippen molar-refractivity contribution in [3.63, 3.8) is 0 Å². The minimum Gasteiger partial charge on any atom is -0.493 e. The first-order chi connectivity index (χ1) is 15.7. The van der Waals surface area contributed by atoms with Gasteiger partial charge in [0.05, 0.1) is 19.8 Å². The smallest absolute Gasteiger partial charge is 0.343 e. The van der Waals surface area contributed by atoms with Gasteiger partial charge in [-0.1, -0.05) is 45.0 Å². The van der Waals surface area contributed by atoms with Crippen LogP contribution in [-0.2, 0) is 10.2 Å². The van der Waals surface area contributed by atoms with E-state index in [2.05, 4.69) is 44.9 Å². The van der Waals surface area contributed by atoms with Crippen LogP contribution in [-0.4, -0.2) is 44.7 Å². The summed E-state index contributed by atoms with van der Waals surface area (Å²) >= 11 is 0. The number of likely N-dealkylation sites (tertiary alicyclic amines) is 1. The molecule has 178 valence electrons. The fraction of sp³-hybridized carbons (Fsp3) is 0.464. The first-order valence-corrected chi connectivity index (χ1v) is 11.6. The monoisotopic (exact) mass is 451 g/mol. The van der Waals surface area contributed by atoms with E-state index in [1.165, 1.54) is 6.42 Å². The predicted molar refractivity (Wildman–Crippen MR) is 132 cm³/mol. The molecule has 2 atom stereocenters. The second-order valence-corrected chi connectivity index (χ2v) is 9.77. The normalized spacial score (nSPS) is 20.1. The lowest BCUT2D eigenvalue weighted by Crippen LogP contribution is -2.30. The third-order valence-corrected chi connectivity index (χ3v) is 6.44. The minimum atomic E-state index is -0.235. The molecule has 2 unspecified atom stereocenters. The third-order valence-electron chi connectivity index (χ3n) is 6.44. The fourth-order valence-electron chi connectivity index (χ4n) is 4.39. The van der Waals surface area contributed by atoms with Gasteiger partial charge in [-0.15, -0.1) is 0 Å². The van der Waals surface area contributed by atoms with Crippen molar-refractivity contribution in [2.45, 2.75) is 51.5 Å². The third kappa shape index (κ3) is 6.38. The van der Waals surface area contributed by atoms with Crippen molar-refractivity contribution >= 4 is 5.97 Å². The zero-order valence-corrected chi connectivity index (χ0v) is 20.8. The zero-order chi connectivity index (χ0) is 24.0. The number of hydrogen-bond donors (Lipinski definition) is 0. The highest BCUT2D eigenvalue weighted by molar-refractivity contribution is 5.90. The summed E-state index contributed by atoms with van der Waals surface area (Å²) in [7, 11) is 5.40. The second-order valence-electron chi connectivity index (χ2n) is 9.77. The molecule has 2 aromatic carbocycles. The number of hydrogen-bond acceptors (Lipinski definition) is 5. The number of likely N-dealkylation sites (N-methyl/N-ethyl adjacent to an activating group) is 1. The molecule has 33 heavy (non-hydrogen) atoms. The molecule has 1 aliphatic carbocycles. The molecule has 0 spiro atoms. The van der Waals surface area contributed by atoms with E-state index in [0.717, 1.165) is 48.1 Å². The predicted octanol–water partition coefficient (Wildman–Crippen LogP) is 5.84. The molecule has 5 nitrogen and oxygen atoms in total. The molecule has 0 amide bonds. The van der Waals surface area contributed by atoms with E-state index < -0.39 is 0 Å². The number of benzene rings is 2. The molecular formula is C28H37NO4. The van der Waals surface area contributed by atoms with Gasteiger partial charge in [0.25, 0.3) is 0 Å². The summed E-state index contributed by atoms with van der Waals surface area (Å²) in [6, 6.07) is 15.8. The number of para-hydroxylation sites is 2. The van der Waals surface area contributed by atoms with Crippen LogP contribution in [0.2, 0.25) is 0 Å². The number of carbonyl (C=O) groups is 1. The summed E-state index contributed by atoms with van der Waals surface area (Å²) < 4.78 is 15.7. The highest BCUT2D eigenvalue weighted by Crippen LogP contribution is 2.35. The van der Waals surface area contributed by atoms with Gasteiger partial charge in [0.1, 0.15) is 5.76 Å². The van der Waals surface area contributed by atoms with Crippen LogP contribution in [0.5, 0.6) is 11.5 Å². The van der Waals surface area contributed by atoms with Crippen molar-refractivity contribution in [2.75, 3.05) is 27.8 Å². The number of fused-ring (bicyclic) bond motifs is 1.